The van der Waals surface area contributed by atoms with Crippen molar-refractivity contribution in [2.75, 3.05) is 17.7 Å². The van der Waals surface area contributed by atoms with Gasteiger partial charge in [-0.05, 0) is 64.3 Å². The topological polar surface area (TPSA) is 95.3 Å². The summed E-state index contributed by atoms with van der Waals surface area (Å²) in [5.74, 6) is 0.992. The lowest BCUT2D eigenvalue weighted by molar-refractivity contribution is -0.113. The van der Waals surface area contributed by atoms with Crippen LogP contribution in [0.5, 0.6) is 5.75 Å². The molecule has 1 aromatic carbocycles. The Morgan fingerprint density at radius 1 is 1.20 bits per heavy atom. The maximum atomic E-state index is 12.7. The summed E-state index contributed by atoms with van der Waals surface area (Å²) in [6.07, 6.45) is 0.462. The molecule has 8 nitrogen and oxygen atoms in total. The molecule has 1 unspecified atom stereocenters. The molecular formula is C25H32N4O4S2. The van der Waals surface area contributed by atoms with Crippen molar-refractivity contribution in [3.63, 3.8) is 0 Å². The number of nitrogens with one attached hydrogen (secondary N) is 1. The third kappa shape index (κ3) is 6.43. The van der Waals surface area contributed by atoms with Crippen molar-refractivity contribution in [3.8, 4) is 5.75 Å². The van der Waals surface area contributed by atoms with Gasteiger partial charge in [0.1, 0.15) is 10.8 Å². The van der Waals surface area contributed by atoms with Crippen LogP contribution in [-0.2, 0) is 22.5 Å². The van der Waals surface area contributed by atoms with Crippen LogP contribution in [0.25, 0.3) is 0 Å². The lowest BCUT2D eigenvalue weighted by atomic mass is 10.1. The molecule has 0 aliphatic carbocycles. The number of esters is 1. The van der Waals surface area contributed by atoms with Crippen molar-refractivity contribution in [1.82, 2.24) is 14.8 Å². The number of thioether (sulfide) groups is 1. The molecule has 0 saturated carbocycles. The second kappa shape index (κ2) is 12.2. The van der Waals surface area contributed by atoms with Crippen LogP contribution in [0, 0.1) is 13.8 Å². The number of amides is 1. The third-order valence-electron chi connectivity index (χ3n) is 5.50. The van der Waals surface area contributed by atoms with Gasteiger partial charge in [-0.3, -0.25) is 4.79 Å². The second-order valence-electron chi connectivity index (χ2n) is 7.91. The smallest absolute Gasteiger partial charge is 0.341 e. The van der Waals surface area contributed by atoms with Crippen molar-refractivity contribution < 1.29 is 19.1 Å². The Morgan fingerprint density at radius 3 is 2.66 bits per heavy atom. The van der Waals surface area contributed by atoms with Crippen LogP contribution in [0.4, 0.5) is 5.00 Å². The van der Waals surface area contributed by atoms with Gasteiger partial charge >= 0.3 is 5.97 Å². The Bertz CT molecular complexity index is 1190. The van der Waals surface area contributed by atoms with E-state index >= 15 is 0 Å². The minimum absolute atomic E-state index is 0.131. The van der Waals surface area contributed by atoms with Gasteiger partial charge in [0, 0.05) is 11.4 Å². The summed E-state index contributed by atoms with van der Waals surface area (Å²) >= 11 is 2.69. The van der Waals surface area contributed by atoms with Crippen molar-refractivity contribution >= 4 is 40.0 Å². The van der Waals surface area contributed by atoms with Crippen LogP contribution in [0.3, 0.4) is 0 Å². The number of benzene rings is 1. The van der Waals surface area contributed by atoms with E-state index in [1.807, 2.05) is 44.4 Å². The zero-order valence-electron chi connectivity index (χ0n) is 21.0. The normalized spacial score (nSPS) is 11.8. The molecule has 0 bridgehead atoms. The number of aryl methyl sites for hydroxylation is 2. The van der Waals surface area contributed by atoms with E-state index in [4.69, 9.17) is 9.47 Å². The van der Waals surface area contributed by atoms with Crippen molar-refractivity contribution in [1.29, 1.82) is 0 Å². The summed E-state index contributed by atoms with van der Waals surface area (Å²) in [6, 6.07) is 7.75. The Balaban J connectivity index is 1.68. The van der Waals surface area contributed by atoms with E-state index in [-0.39, 0.29) is 24.4 Å². The highest BCUT2D eigenvalue weighted by atomic mass is 32.2. The van der Waals surface area contributed by atoms with Gasteiger partial charge in [-0.25, -0.2) is 4.79 Å². The van der Waals surface area contributed by atoms with Gasteiger partial charge < -0.3 is 19.4 Å². The first-order chi connectivity index (χ1) is 16.8. The summed E-state index contributed by atoms with van der Waals surface area (Å²) < 4.78 is 13.3. The highest BCUT2D eigenvalue weighted by Gasteiger charge is 2.22. The number of aromatic nitrogens is 3. The summed E-state index contributed by atoms with van der Waals surface area (Å²) in [4.78, 5) is 26.0. The molecule has 2 heterocycles. The van der Waals surface area contributed by atoms with E-state index < -0.39 is 5.97 Å². The monoisotopic (exact) mass is 516 g/mol. The van der Waals surface area contributed by atoms with Crippen LogP contribution >= 0.6 is 23.1 Å². The van der Waals surface area contributed by atoms with Gasteiger partial charge in [0.2, 0.25) is 5.91 Å². The fraction of sp³-hybridized carbons (Fsp3) is 0.440. The van der Waals surface area contributed by atoms with Crippen LogP contribution in [0.1, 0.15) is 66.0 Å². The average molecular weight is 517 g/mol. The summed E-state index contributed by atoms with van der Waals surface area (Å²) in [6.45, 7) is 12.7. The van der Waals surface area contributed by atoms with Crippen LogP contribution in [0.2, 0.25) is 0 Å². The highest BCUT2D eigenvalue weighted by Crippen LogP contribution is 2.31. The molecule has 0 aliphatic heterocycles. The molecule has 3 aromatic rings. The van der Waals surface area contributed by atoms with Gasteiger partial charge in [0.05, 0.1) is 17.9 Å². The summed E-state index contributed by atoms with van der Waals surface area (Å²) in [5.41, 5.74) is 2.65. The largest absolute Gasteiger partial charge is 0.482 e. The second-order valence-corrected chi connectivity index (χ2v) is 9.99. The number of hydrogen-bond acceptors (Lipinski definition) is 8. The van der Waals surface area contributed by atoms with E-state index in [0.717, 1.165) is 28.2 Å². The zero-order chi connectivity index (χ0) is 25.5. The molecule has 1 amide bonds. The van der Waals surface area contributed by atoms with E-state index in [1.54, 1.807) is 13.0 Å². The number of nitrogens with zero attached hydrogens (tertiary/aromatic N) is 3. The number of ether oxygens (including phenoxy) is 2. The van der Waals surface area contributed by atoms with Crippen molar-refractivity contribution in [3.05, 3.63) is 51.7 Å². The molecule has 188 valence electrons. The number of thiophene rings is 1. The van der Waals surface area contributed by atoms with Gasteiger partial charge in [-0.15, -0.1) is 21.5 Å². The molecule has 0 aliphatic rings. The molecule has 1 N–H and O–H groups in total. The Morgan fingerprint density at radius 2 is 1.97 bits per heavy atom. The van der Waals surface area contributed by atoms with Gasteiger partial charge in [-0.1, -0.05) is 30.8 Å². The van der Waals surface area contributed by atoms with Crippen LogP contribution in [-0.4, -0.2) is 39.0 Å². The first-order valence-corrected chi connectivity index (χ1v) is 13.5. The molecule has 10 heteroatoms. The lowest BCUT2D eigenvalue weighted by Gasteiger charge is -2.17. The molecular weight excluding hydrogens is 484 g/mol. The molecule has 1 atom stereocenters. The maximum absolute atomic E-state index is 12.7. The fourth-order valence-electron chi connectivity index (χ4n) is 3.46. The minimum atomic E-state index is -0.431. The number of rotatable bonds is 11. The van der Waals surface area contributed by atoms with E-state index in [2.05, 4.69) is 28.5 Å². The molecule has 3 rings (SSSR count). The summed E-state index contributed by atoms with van der Waals surface area (Å²) in [7, 11) is 0. The van der Waals surface area contributed by atoms with E-state index in [1.165, 1.54) is 23.1 Å². The number of anilines is 1. The van der Waals surface area contributed by atoms with Gasteiger partial charge in [0.15, 0.2) is 17.1 Å². The fourth-order valence-corrected chi connectivity index (χ4v) is 5.27. The van der Waals surface area contributed by atoms with E-state index in [9.17, 15) is 9.59 Å². The van der Waals surface area contributed by atoms with Crippen molar-refractivity contribution in [2.24, 2.45) is 0 Å². The van der Waals surface area contributed by atoms with Crippen molar-refractivity contribution in [2.45, 2.75) is 65.8 Å². The molecule has 0 spiro atoms. The number of hydrogen-bond donors (Lipinski definition) is 1. The van der Waals surface area contributed by atoms with Gasteiger partial charge in [-0.2, -0.15) is 0 Å². The minimum Gasteiger partial charge on any atom is -0.482 e. The molecule has 0 radical (unpaired) electrons. The first-order valence-electron chi connectivity index (χ1n) is 11.7. The number of carbonyl (C=O) groups excluding carboxylic acids is 2. The maximum Gasteiger partial charge on any atom is 0.341 e. The zero-order valence-corrected chi connectivity index (χ0v) is 22.6. The van der Waals surface area contributed by atoms with E-state index in [0.29, 0.717) is 28.1 Å². The van der Waals surface area contributed by atoms with Crippen LogP contribution in [0.15, 0.2) is 29.4 Å². The third-order valence-corrected chi connectivity index (χ3v) is 7.66. The highest BCUT2D eigenvalue weighted by molar-refractivity contribution is 7.99. The van der Waals surface area contributed by atoms with Gasteiger partial charge in [0.25, 0.3) is 0 Å². The Hall–Kier alpha value is -2.85. The predicted molar refractivity (Wildman–Crippen MR) is 140 cm³/mol. The number of carbonyl (C=O) groups is 2. The standard InChI is InChI=1S/C25H32N4O4S2/c1-7-18-13-19(24(31)32-9-3)23(35-18)26-21(30)14-34-25-28-27-22(29(25)8-2)17(6)33-20-12-10-11-15(4)16(20)5/h10-13,17H,7-9,14H2,1-6H3,(H,26,30). The molecule has 0 fully saturated rings. The quantitative estimate of drug-likeness (QED) is 0.262. The summed E-state index contributed by atoms with van der Waals surface area (Å²) in [5, 5.41) is 12.7. The van der Waals surface area contributed by atoms with Crippen LogP contribution < -0.4 is 10.1 Å². The molecule has 0 saturated heterocycles. The Labute approximate surface area is 214 Å². The average Bonchev–Trinajstić information content (AvgIpc) is 3.44. The molecule has 2 aromatic heterocycles. The Kier molecular flexibility index (Phi) is 9.33. The SMILES string of the molecule is CCOC(=O)c1cc(CC)sc1NC(=O)CSc1nnc(C(C)Oc2cccc(C)c2C)n1CC. The first kappa shape index (κ1) is 26.7. The molecule has 35 heavy (non-hydrogen) atoms. The lowest BCUT2D eigenvalue weighted by Crippen LogP contribution is -2.17. The predicted octanol–water partition coefficient (Wildman–Crippen LogP) is 5.59.